The van der Waals surface area contributed by atoms with Crippen molar-refractivity contribution in [2.45, 2.75) is 6.54 Å². The molecule has 0 unspecified atom stereocenters. The lowest BCUT2D eigenvalue weighted by molar-refractivity contribution is 0.217. The molecule has 5 heteroatoms. The minimum absolute atomic E-state index is 0.00267. The third kappa shape index (κ3) is 3.72. The summed E-state index contributed by atoms with van der Waals surface area (Å²) >= 11 is 0. The smallest absolute Gasteiger partial charge is 0.130 e. The summed E-state index contributed by atoms with van der Waals surface area (Å²) in [5.74, 6) is 0.601. The average molecular weight is 237 g/mol. The molecule has 0 fully saturated rings. The highest BCUT2D eigenvalue weighted by atomic mass is 16.5. The zero-order valence-electron chi connectivity index (χ0n) is 10.2. The maximum atomic E-state index is 8.82. The summed E-state index contributed by atoms with van der Waals surface area (Å²) in [4.78, 5) is 2.00. The first kappa shape index (κ1) is 13.5. The van der Waals surface area contributed by atoms with Crippen LogP contribution in [0.1, 0.15) is 11.1 Å². The van der Waals surface area contributed by atoms with Crippen LogP contribution < -0.4 is 10.5 Å². The molecule has 0 radical (unpaired) electrons. The average Bonchev–Trinajstić information content (AvgIpc) is 2.28. The summed E-state index contributed by atoms with van der Waals surface area (Å²) < 4.78 is 5.20. The van der Waals surface area contributed by atoms with E-state index < -0.39 is 0 Å². The summed E-state index contributed by atoms with van der Waals surface area (Å²) in [5.41, 5.74) is 7.11. The number of benzene rings is 1. The van der Waals surface area contributed by atoms with Gasteiger partial charge in [-0.15, -0.1) is 0 Å². The molecule has 0 saturated heterocycles. The third-order valence-corrected chi connectivity index (χ3v) is 2.49. The second kappa shape index (κ2) is 6.22. The largest absolute Gasteiger partial charge is 0.496 e. The topological polar surface area (TPSA) is 82.6 Å². The van der Waals surface area contributed by atoms with Crippen LogP contribution in [0, 0.1) is 5.41 Å². The Hall–Kier alpha value is -1.59. The van der Waals surface area contributed by atoms with Gasteiger partial charge in [0.2, 0.25) is 0 Å². The molecule has 17 heavy (non-hydrogen) atoms. The second-order valence-electron chi connectivity index (χ2n) is 3.91. The zero-order chi connectivity index (χ0) is 12.8. The van der Waals surface area contributed by atoms with E-state index in [0.29, 0.717) is 17.9 Å². The van der Waals surface area contributed by atoms with Crippen molar-refractivity contribution in [1.29, 1.82) is 5.41 Å². The molecule has 94 valence electrons. The third-order valence-electron chi connectivity index (χ3n) is 2.49. The van der Waals surface area contributed by atoms with Crippen molar-refractivity contribution in [1.82, 2.24) is 4.90 Å². The van der Waals surface area contributed by atoms with Gasteiger partial charge >= 0.3 is 0 Å². The van der Waals surface area contributed by atoms with Crippen molar-refractivity contribution in [2.24, 2.45) is 5.73 Å². The molecule has 1 aromatic carbocycles. The Bertz CT molecular complexity index is 393. The molecule has 5 nitrogen and oxygen atoms in total. The zero-order valence-corrected chi connectivity index (χ0v) is 10.2. The van der Waals surface area contributed by atoms with Gasteiger partial charge in [0.05, 0.1) is 19.3 Å². The Morgan fingerprint density at radius 2 is 2.24 bits per heavy atom. The number of nitrogen functional groups attached to an aromatic ring is 1. The molecule has 0 atom stereocenters. The van der Waals surface area contributed by atoms with Gasteiger partial charge in [0.25, 0.3) is 0 Å². The molecule has 0 aromatic heterocycles. The number of amidine groups is 1. The number of methoxy groups -OCH3 is 1. The normalized spacial score (nSPS) is 10.6. The van der Waals surface area contributed by atoms with Gasteiger partial charge in [0.15, 0.2) is 0 Å². The predicted octanol–water partition coefficient (Wildman–Crippen LogP) is 0.403. The first-order valence-electron chi connectivity index (χ1n) is 5.39. The lowest BCUT2D eigenvalue weighted by Crippen LogP contribution is -2.21. The van der Waals surface area contributed by atoms with Crippen molar-refractivity contribution in [3.63, 3.8) is 0 Å². The van der Waals surface area contributed by atoms with Gasteiger partial charge in [-0.3, -0.25) is 10.3 Å². The van der Waals surface area contributed by atoms with E-state index in [2.05, 4.69) is 0 Å². The first-order chi connectivity index (χ1) is 8.08. The fraction of sp³-hybridized carbons (Fsp3) is 0.417. The number of nitrogens with one attached hydrogen (secondary N) is 1. The molecule has 0 saturated carbocycles. The van der Waals surface area contributed by atoms with Crippen LogP contribution >= 0.6 is 0 Å². The van der Waals surface area contributed by atoms with E-state index in [9.17, 15) is 0 Å². The van der Waals surface area contributed by atoms with E-state index in [1.54, 1.807) is 13.2 Å². The Balaban J connectivity index is 2.86. The van der Waals surface area contributed by atoms with E-state index in [1.165, 1.54) is 0 Å². The Morgan fingerprint density at radius 1 is 1.53 bits per heavy atom. The molecule has 0 aliphatic rings. The van der Waals surface area contributed by atoms with Crippen molar-refractivity contribution in [3.8, 4) is 5.75 Å². The molecule has 0 aliphatic carbocycles. The minimum Gasteiger partial charge on any atom is -0.496 e. The van der Waals surface area contributed by atoms with Crippen molar-refractivity contribution < 1.29 is 9.84 Å². The number of aliphatic hydroxyl groups excluding tert-OH is 1. The van der Waals surface area contributed by atoms with Gasteiger partial charge in [-0.05, 0) is 24.7 Å². The highest BCUT2D eigenvalue weighted by Crippen LogP contribution is 2.20. The minimum atomic E-state index is -0.00267. The van der Waals surface area contributed by atoms with Gasteiger partial charge in [-0.2, -0.15) is 0 Å². The van der Waals surface area contributed by atoms with Gasteiger partial charge in [-0.1, -0.05) is 6.07 Å². The van der Waals surface area contributed by atoms with Crippen LogP contribution in [-0.2, 0) is 6.54 Å². The molecule has 0 bridgehead atoms. The number of aliphatic hydroxyl groups is 1. The van der Waals surface area contributed by atoms with Crippen LogP contribution in [0.4, 0.5) is 0 Å². The number of ether oxygens (including phenoxy) is 1. The molecular weight excluding hydrogens is 218 g/mol. The molecule has 0 heterocycles. The van der Waals surface area contributed by atoms with Gasteiger partial charge in [0.1, 0.15) is 11.6 Å². The SMILES string of the molecule is COc1cc(CN(C)CCO)ccc1C(=N)N. The van der Waals surface area contributed by atoms with Crippen LogP contribution in [0.3, 0.4) is 0 Å². The Morgan fingerprint density at radius 3 is 2.76 bits per heavy atom. The van der Waals surface area contributed by atoms with E-state index in [1.807, 2.05) is 24.1 Å². The van der Waals surface area contributed by atoms with Crippen LogP contribution in [-0.4, -0.2) is 43.2 Å². The van der Waals surface area contributed by atoms with Gasteiger partial charge in [-0.25, -0.2) is 0 Å². The number of nitrogens with zero attached hydrogens (tertiary/aromatic N) is 1. The van der Waals surface area contributed by atoms with Gasteiger partial charge < -0.3 is 15.6 Å². The maximum Gasteiger partial charge on any atom is 0.130 e. The summed E-state index contributed by atoms with van der Waals surface area (Å²) in [7, 11) is 3.49. The summed E-state index contributed by atoms with van der Waals surface area (Å²) in [6, 6.07) is 5.56. The summed E-state index contributed by atoms with van der Waals surface area (Å²) in [5, 5.41) is 16.2. The second-order valence-corrected chi connectivity index (χ2v) is 3.91. The fourth-order valence-corrected chi connectivity index (χ4v) is 1.62. The van der Waals surface area contributed by atoms with Crippen LogP contribution in [0.2, 0.25) is 0 Å². The lowest BCUT2D eigenvalue weighted by atomic mass is 10.1. The van der Waals surface area contributed by atoms with E-state index in [4.69, 9.17) is 21.0 Å². The number of likely N-dealkylation sites (N-methyl/N-ethyl adjacent to an activating group) is 1. The van der Waals surface area contributed by atoms with E-state index in [0.717, 1.165) is 12.1 Å². The predicted molar refractivity (Wildman–Crippen MR) is 67.4 cm³/mol. The molecule has 0 aliphatic heterocycles. The van der Waals surface area contributed by atoms with Crippen LogP contribution in [0.5, 0.6) is 5.75 Å². The summed E-state index contributed by atoms with van der Waals surface area (Å²) in [6.07, 6.45) is 0. The quantitative estimate of drug-likeness (QED) is 0.494. The summed E-state index contributed by atoms with van der Waals surface area (Å²) in [6.45, 7) is 1.48. The lowest BCUT2D eigenvalue weighted by Gasteiger charge is -2.16. The number of nitrogens with two attached hydrogens (primary N) is 1. The molecule has 4 N–H and O–H groups in total. The van der Waals surface area contributed by atoms with Crippen molar-refractivity contribution >= 4 is 5.84 Å². The van der Waals surface area contributed by atoms with Crippen molar-refractivity contribution in [2.75, 3.05) is 27.3 Å². The molecular formula is C12H19N3O2. The maximum absolute atomic E-state index is 8.82. The number of rotatable bonds is 6. The molecule has 1 rings (SSSR count). The Kier molecular flexibility index (Phi) is 4.93. The Labute approximate surface area is 101 Å². The molecule has 1 aromatic rings. The van der Waals surface area contributed by atoms with Crippen molar-refractivity contribution in [3.05, 3.63) is 29.3 Å². The highest BCUT2D eigenvalue weighted by Gasteiger charge is 2.08. The van der Waals surface area contributed by atoms with Gasteiger partial charge in [0, 0.05) is 13.1 Å². The first-order valence-corrected chi connectivity index (χ1v) is 5.39. The van der Waals surface area contributed by atoms with E-state index >= 15 is 0 Å². The highest BCUT2D eigenvalue weighted by molar-refractivity contribution is 5.97. The molecule has 0 amide bonds. The van der Waals surface area contributed by atoms with Crippen LogP contribution in [0.15, 0.2) is 18.2 Å². The fourth-order valence-electron chi connectivity index (χ4n) is 1.62. The van der Waals surface area contributed by atoms with E-state index in [-0.39, 0.29) is 12.4 Å². The number of hydrogen-bond donors (Lipinski definition) is 3. The standard InChI is InChI=1S/C12H19N3O2/c1-15(5-6-16)8-9-3-4-10(12(13)14)11(7-9)17-2/h3-4,7,16H,5-6,8H2,1-2H3,(H3,13,14). The monoisotopic (exact) mass is 237 g/mol. The molecule has 0 spiro atoms. The van der Waals surface area contributed by atoms with Crippen LogP contribution in [0.25, 0.3) is 0 Å². The number of hydrogen-bond acceptors (Lipinski definition) is 4.